The summed E-state index contributed by atoms with van der Waals surface area (Å²) < 4.78 is 16.1. The van der Waals surface area contributed by atoms with Gasteiger partial charge in [0, 0.05) is 12.6 Å². The Labute approximate surface area is 136 Å². The van der Waals surface area contributed by atoms with Crippen molar-refractivity contribution in [3.8, 4) is 23.0 Å². The lowest BCUT2D eigenvalue weighted by atomic mass is 10.1. The second-order valence-corrected chi connectivity index (χ2v) is 5.23. The maximum Gasteiger partial charge on any atom is 0.203 e. The number of benzene rings is 2. The molecule has 0 fully saturated rings. The summed E-state index contributed by atoms with van der Waals surface area (Å²) in [5, 5.41) is 12.9. The van der Waals surface area contributed by atoms with Gasteiger partial charge in [0.25, 0.3) is 0 Å². The second-order valence-electron chi connectivity index (χ2n) is 5.23. The van der Waals surface area contributed by atoms with Crippen LogP contribution in [0, 0.1) is 0 Å². The van der Waals surface area contributed by atoms with E-state index < -0.39 is 0 Å². The van der Waals surface area contributed by atoms with Crippen LogP contribution in [0.4, 0.5) is 0 Å². The largest absolute Gasteiger partial charge is 0.508 e. The predicted octanol–water partition coefficient (Wildman–Crippen LogP) is 3.27. The smallest absolute Gasteiger partial charge is 0.203 e. The lowest BCUT2D eigenvalue weighted by molar-refractivity contribution is 0.323. The zero-order valence-electron chi connectivity index (χ0n) is 13.9. The number of rotatable bonds is 7. The molecule has 5 nitrogen and oxygen atoms in total. The summed E-state index contributed by atoms with van der Waals surface area (Å²) in [5.74, 6) is 2.12. The van der Waals surface area contributed by atoms with E-state index in [1.54, 1.807) is 33.5 Å². The molecule has 0 aliphatic carbocycles. The summed E-state index contributed by atoms with van der Waals surface area (Å²) in [5.41, 5.74) is 2.05. The van der Waals surface area contributed by atoms with Crippen molar-refractivity contribution in [2.75, 3.05) is 21.3 Å². The van der Waals surface area contributed by atoms with Crippen molar-refractivity contribution >= 4 is 0 Å². The molecule has 5 heteroatoms. The Morgan fingerprint density at radius 2 is 1.65 bits per heavy atom. The fourth-order valence-electron chi connectivity index (χ4n) is 2.41. The summed E-state index contributed by atoms with van der Waals surface area (Å²) in [6.07, 6.45) is 0. The predicted molar refractivity (Wildman–Crippen MR) is 89.5 cm³/mol. The van der Waals surface area contributed by atoms with Crippen LogP contribution in [0.3, 0.4) is 0 Å². The monoisotopic (exact) mass is 317 g/mol. The molecule has 0 radical (unpaired) electrons. The molecule has 2 aromatic carbocycles. The summed E-state index contributed by atoms with van der Waals surface area (Å²) >= 11 is 0. The van der Waals surface area contributed by atoms with Gasteiger partial charge in [-0.05, 0) is 42.3 Å². The molecule has 2 N–H and O–H groups in total. The molecule has 0 heterocycles. The highest BCUT2D eigenvalue weighted by Gasteiger charge is 2.16. The van der Waals surface area contributed by atoms with Gasteiger partial charge in [0.2, 0.25) is 5.75 Å². The van der Waals surface area contributed by atoms with Crippen LogP contribution < -0.4 is 19.5 Å². The van der Waals surface area contributed by atoms with Gasteiger partial charge >= 0.3 is 0 Å². The summed E-state index contributed by atoms with van der Waals surface area (Å²) in [4.78, 5) is 0. The molecule has 0 aromatic heterocycles. The highest BCUT2D eigenvalue weighted by molar-refractivity contribution is 5.54. The molecule has 2 aromatic rings. The molecule has 0 saturated heterocycles. The minimum atomic E-state index is 0.0751. The fraction of sp³-hybridized carbons (Fsp3) is 0.333. The van der Waals surface area contributed by atoms with Crippen LogP contribution in [0.25, 0.3) is 0 Å². The van der Waals surface area contributed by atoms with Crippen LogP contribution in [0.2, 0.25) is 0 Å². The molecule has 1 atom stereocenters. The molecule has 0 aliphatic heterocycles. The van der Waals surface area contributed by atoms with Crippen molar-refractivity contribution in [3.63, 3.8) is 0 Å². The molecule has 2 rings (SSSR count). The van der Waals surface area contributed by atoms with E-state index in [0.29, 0.717) is 23.8 Å². The summed E-state index contributed by atoms with van der Waals surface area (Å²) in [6, 6.07) is 11.1. The molecule has 0 saturated carbocycles. The average Bonchev–Trinajstić information content (AvgIpc) is 2.58. The van der Waals surface area contributed by atoms with E-state index in [2.05, 4.69) is 12.2 Å². The zero-order chi connectivity index (χ0) is 16.8. The molecular formula is C18H23NO4. The van der Waals surface area contributed by atoms with Gasteiger partial charge in [0.1, 0.15) is 5.75 Å². The van der Waals surface area contributed by atoms with E-state index in [1.807, 2.05) is 24.3 Å². The zero-order valence-corrected chi connectivity index (χ0v) is 13.9. The highest BCUT2D eigenvalue weighted by Crippen LogP contribution is 2.39. The third kappa shape index (κ3) is 4.07. The van der Waals surface area contributed by atoms with Gasteiger partial charge in [-0.3, -0.25) is 0 Å². The highest BCUT2D eigenvalue weighted by atomic mass is 16.5. The second kappa shape index (κ2) is 7.74. The van der Waals surface area contributed by atoms with Gasteiger partial charge in [-0.25, -0.2) is 0 Å². The van der Waals surface area contributed by atoms with Gasteiger partial charge in [0.05, 0.1) is 21.3 Å². The number of methoxy groups -OCH3 is 3. The Balaban J connectivity index is 2.16. The van der Waals surface area contributed by atoms with Crippen LogP contribution in [0.5, 0.6) is 23.0 Å². The third-order valence-corrected chi connectivity index (χ3v) is 3.71. The lowest BCUT2D eigenvalue weighted by Crippen LogP contribution is -2.18. The van der Waals surface area contributed by atoms with Gasteiger partial charge < -0.3 is 24.6 Å². The molecule has 1 unspecified atom stereocenters. The van der Waals surface area contributed by atoms with Crippen LogP contribution in [-0.4, -0.2) is 26.4 Å². The van der Waals surface area contributed by atoms with Gasteiger partial charge in [-0.2, -0.15) is 0 Å². The average molecular weight is 317 g/mol. The number of nitrogens with one attached hydrogen (secondary N) is 1. The number of phenolic OH excluding ortho intramolecular Hbond substituents is 1. The Hall–Kier alpha value is -2.40. The molecular weight excluding hydrogens is 294 g/mol. The first-order valence-electron chi connectivity index (χ1n) is 7.40. The Bertz CT molecular complexity index is 632. The standard InChI is InChI=1S/C18H23NO4/c1-12(19-11-13-6-5-7-15(20)8-13)14-9-16(21-2)18(23-4)17(10-14)22-3/h5-10,12,19-20H,11H2,1-4H3. The molecule has 23 heavy (non-hydrogen) atoms. The summed E-state index contributed by atoms with van der Waals surface area (Å²) in [6.45, 7) is 2.70. The lowest BCUT2D eigenvalue weighted by Gasteiger charge is -2.19. The Morgan fingerprint density at radius 3 is 2.17 bits per heavy atom. The number of phenols is 1. The van der Waals surface area contributed by atoms with Crippen LogP contribution in [0.15, 0.2) is 36.4 Å². The van der Waals surface area contributed by atoms with Crippen molar-refractivity contribution < 1.29 is 19.3 Å². The van der Waals surface area contributed by atoms with Crippen LogP contribution >= 0.6 is 0 Å². The molecule has 0 amide bonds. The first kappa shape index (κ1) is 17.0. The van der Waals surface area contributed by atoms with E-state index in [4.69, 9.17) is 14.2 Å². The van der Waals surface area contributed by atoms with Crippen LogP contribution in [0.1, 0.15) is 24.1 Å². The molecule has 0 spiro atoms. The van der Waals surface area contributed by atoms with E-state index in [9.17, 15) is 5.11 Å². The molecule has 0 aliphatic rings. The minimum Gasteiger partial charge on any atom is -0.508 e. The van der Waals surface area contributed by atoms with E-state index in [0.717, 1.165) is 11.1 Å². The Kier molecular flexibility index (Phi) is 5.71. The van der Waals surface area contributed by atoms with Crippen molar-refractivity contribution in [2.24, 2.45) is 0 Å². The van der Waals surface area contributed by atoms with Crippen LogP contribution in [-0.2, 0) is 6.54 Å². The molecule has 124 valence electrons. The quantitative estimate of drug-likeness (QED) is 0.821. The maximum absolute atomic E-state index is 9.51. The topological polar surface area (TPSA) is 60.0 Å². The van der Waals surface area contributed by atoms with Gasteiger partial charge in [-0.1, -0.05) is 12.1 Å². The number of aromatic hydroxyl groups is 1. The third-order valence-electron chi connectivity index (χ3n) is 3.71. The van der Waals surface area contributed by atoms with Crippen molar-refractivity contribution in [1.29, 1.82) is 0 Å². The molecule has 0 bridgehead atoms. The SMILES string of the molecule is COc1cc(C(C)NCc2cccc(O)c2)cc(OC)c1OC. The summed E-state index contributed by atoms with van der Waals surface area (Å²) in [7, 11) is 4.79. The van der Waals surface area contributed by atoms with E-state index in [1.165, 1.54) is 0 Å². The first-order chi connectivity index (χ1) is 11.1. The fourth-order valence-corrected chi connectivity index (χ4v) is 2.41. The van der Waals surface area contributed by atoms with Crippen molar-refractivity contribution in [3.05, 3.63) is 47.5 Å². The van der Waals surface area contributed by atoms with E-state index in [-0.39, 0.29) is 11.8 Å². The van der Waals surface area contributed by atoms with E-state index >= 15 is 0 Å². The first-order valence-corrected chi connectivity index (χ1v) is 7.40. The number of hydrogen-bond donors (Lipinski definition) is 2. The van der Waals surface area contributed by atoms with Crippen molar-refractivity contribution in [2.45, 2.75) is 19.5 Å². The van der Waals surface area contributed by atoms with Gasteiger partial charge in [0.15, 0.2) is 11.5 Å². The Morgan fingerprint density at radius 1 is 1.00 bits per heavy atom. The van der Waals surface area contributed by atoms with Crippen molar-refractivity contribution in [1.82, 2.24) is 5.32 Å². The normalized spacial score (nSPS) is 11.8. The number of ether oxygens (including phenoxy) is 3. The maximum atomic E-state index is 9.51. The number of hydrogen-bond acceptors (Lipinski definition) is 5. The van der Waals surface area contributed by atoms with Gasteiger partial charge in [-0.15, -0.1) is 0 Å². The minimum absolute atomic E-state index is 0.0751.